The van der Waals surface area contributed by atoms with Gasteiger partial charge in [-0.2, -0.15) is 0 Å². The lowest BCUT2D eigenvalue weighted by Gasteiger charge is -1.98. The maximum Gasteiger partial charge on any atom is 0.119 e. The highest BCUT2D eigenvalue weighted by molar-refractivity contribution is 5.79. The van der Waals surface area contributed by atoms with Crippen LogP contribution in [0.25, 0.3) is 0 Å². The second-order valence-electron chi connectivity index (χ2n) is 2.02. The average molecular weight is 151 g/mol. The third kappa shape index (κ3) is 1.97. The topological polar surface area (TPSA) is 41.8 Å². The zero-order chi connectivity index (χ0) is 8.10. The molecule has 0 aliphatic heterocycles. The molecular weight excluding hydrogens is 142 g/mol. The number of nitrogens with zero attached hydrogens (tertiary/aromatic N) is 1. The van der Waals surface area contributed by atoms with Gasteiger partial charge in [-0.15, -0.1) is 0 Å². The van der Waals surface area contributed by atoms with Gasteiger partial charge in [0.25, 0.3) is 0 Å². The summed E-state index contributed by atoms with van der Waals surface area (Å²) in [5.41, 5.74) is 0.812. The minimum Gasteiger partial charge on any atom is -0.497 e. The third-order valence-corrected chi connectivity index (χ3v) is 1.30. The van der Waals surface area contributed by atoms with Gasteiger partial charge >= 0.3 is 0 Å². The molecule has 11 heavy (non-hydrogen) atoms. The quantitative estimate of drug-likeness (QED) is 0.395. The maximum atomic E-state index is 8.21. The van der Waals surface area contributed by atoms with Gasteiger partial charge in [0.05, 0.1) is 13.3 Å². The molecule has 0 amide bonds. The first-order chi connectivity index (χ1) is 5.36. The van der Waals surface area contributed by atoms with E-state index in [0.29, 0.717) is 0 Å². The Hall–Kier alpha value is -1.51. The summed E-state index contributed by atoms with van der Waals surface area (Å²) in [5, 5.41) is 11.1. The zero-order valence-corrected chi connectivity index (χ0v) is 6.19. The van der Waals surface area contributed by atoms with Crippen LogP contribution in [0.2, 0.25) is 0 Å². The van der Waals surface area contributed by atoms with Gasteiger partial charge in [-0.05, 0) is 17.7 Å². The summed E-state index contributed by atoms with van der Waals surface area (Å²) in [6.07, 6.45) is 1.35. The normalized spacial score (nSPS) is 10.3. The Labute approximate surface area is 64.9 Å². The summed E-state index contributed by atoms with van der Waals surface area (Å²) in [7, 11) is 1.59. The fourth-order valence-corrected chi connectivity index (χ4v) is 0.788. The highest BCUT2D eigenvalue weighted by Gasteiger charge is 1.90. The molecule has 1 N–H and O–H groups in total. The van der Waals surface area contributed by atoms with Gasteiger partial charge in [-0.25, -0.2) is 0 Å². The molecule has 58 valence electrons. The lowest BCUT2D eigenvalue weighted by Crippen LogP contribution is -1.85. The number of rotatable bonds is 2. The van der Waals surface area contributed by atoms with Crippen LogP contribution in [0.15, 0.2) is 29.4 Å². The van der Waals surface area contributed by atoms with Crippen LogP contribution >= 0.6 is 0 Å². The summed E-state index contributed by atoms with van der Waals surface area (Å²) >= 11 is 0. The van der Waals surface area contributed by atoms with Crippen LogP contribution in [0.1, 0.15) is 5.56 Å². The molecule has 0 saturated carbocycles. The summed E-state index contributed by atoms with van der Waals surface area (Å²) in [6.45, 7) is 0. The summed E-state index contributed by atoms with van der Waals surface area (Å²) in [6, 6.07) is 7.26. The first-order valence-electron chi connectivity index (χ1n) is 3.18. The molecule has 0 heterocycles. The highest BCUT2D eigenvalue weighted by atomic mass is 16.5. The van der Waals surface area contributed by atoms with Crippen LogP contribution in [0.5, 0.6) is 5.75 Å². The monoisotopic (exact) mass is 151 g/mol. The molecule has 1 rings (SSSR count). The standard InChI is InChI=1S/C8H9NO2/c1-11-8-4-2-3-7(5-8)6-9-10/h2-6,10H,1H3/b9-6-. The van der Waals surface area contributed by atoms with E-state index in [2.05, 4.69) is 5.16 Å². The van der Waals surface area contributed by atoms with Crippen LogP contribution in [0.3, 0.4) is 0 Å². The van der Waals surface area contributed by atoms with E-state index in [4.69, 9.17) is 9.94 Å². The van der Waals surface area contributed by atoms with E-state index >= 15 is 0 Å². The van der Waals surface area contributed by atoms with Gasteiger partial charge in [-0.3, -0.25) is 0 Å². The highest BCUT2D eigenvalue weighted by Crippen LogP contribution is 2.10. The number of methoxy groups -OCH3 is 1. The third-order valence-electron chi connectivity index (χ3n) is 1.30. The molecule has 0 aliphatic carbocycles. The van der Waals surface area contributed by atoms with Crippen LogP contribution in [-0.4, -0.2) is 18.5 Å². The molecule has 0 atom stereocenters. The number of oxime groups is 1. The Kier molecular flexibility index (Phi) is 2.49. The number of ether oxygens (including phenoxy) is 1. The minimum atomic E-state index is 0.752. The van der Waals surface area contributed by atoms with E-state index in [0.717, 1.165) is 11.3 Å². The molecule has 0 bridgehead atoms. The Morgan fingerprint density at radius 3 is 3.00 bits per heavy atom. The van der Waals surface area contributed by atoms with E-state index in [1.54, 1.807) is 13.2 Å². The molecule has 3 nitrogen and oxygen atoms in total. The Morgan fingerprint density at radius 2 is 2.36 bits per heavy atom. The van der Waals surface area contributed by atoms with Crippen molar-refractivity contribution in [2.75, 3.05) is 7.11 Å². The van der Waals surface area contributed by atoms with E-state index in [9.17, 15) is 0 Å². The predicted molar refractivity (Wildman–Crippen MR) is 42.4 cm³/mol. The molecule has 0 saturated heterocycles. The molecule has 0 spiro atoms. The van der Waals surface area contributed by atoms with Crippen molar-refractivity contribution in [3.63, 3.8) is 0 Å². The van der Waals surface area contributed by atoms with Crippen LogP contribution in [0, 0.1) is 0 Å². The van der Waals surface area contributed by atoms with Crippen molar-refractivity contribution in [3.05, 3.63) is 29.8 Å². The Bertz CT molecular complexity index is 258. The number of benzene rings is 1. The van der Waals surface area contributed by atoms with E-state index < -0.39 is 0 Å². The molecule has 0 unspecified atom stereocenters. The van der Waals surface area contributed by atoms with E-state index in [1.165, 1.54) is 6.21 Å². The van der Waals surface area contributed by atoms with Gasteiger partial charge in [0.15, 0.2) is 0 Å². The summed E-state index contributed by atoms with van der Waals surface area (Å²) < 4.78 is 4.96. The zero-order valence-electron chi connectivity index (χ0n) is 6.19. The fourth-order valence-electron chi connectivity index (χ4n) is 0.788. The SMILES string of the molecule is COc1cccc(/C=N\O)c1. The molecular formula is C8H9NO2. The van der Waals surface area contributed by atoms with Gasteiger partial charge in [-0.1, -0.05) is 17.3 Å². The smallest absolute Gasteiger partial charge is 0.119 e. The van der Waals surface area contributed by atoms with Crippen molar-refractivity contribution in [2.24, 2.45) is 5.16 Å². The van der Waals surface area contributed by atoms with Crippen molar-refractivity contribution in [3.8, 4) is 5.75 Å². The van der Waals surface area contributed by atoms with Gasteiger partial charge in [0, 0.05) is 0 Å². The maximum absolute atomic E-state index is 8.21. The molecule has 3 heteroatoms. The molecule has 0 fully saturated rings. The van der Waals surface area contributed by atoms with Crippen LogP contribution in [0.4, 0.5) is 0 Å². The van der Waals surface area contributed by atoms with Crippen molar-refractivity contribution in [1.29, 1.82) is 0 Å². The molecule has 1 aromatic carbocycles. The molecule has 1 aromatic rings. The second kappa shape index (κ2) is 3.61. The number of hydrogen-bond acceptors (Lipinski definition) is 3. The molecule has 0 aliphatic rings. The first kappa shape index (κ1) is 7.60. The Balaban J connectivity index is 2.91. The van der Waals surface area contributed by atoms with Crippen molar-refractivity contribution in [2.45, 2.75) is 0 Å². The van der Waals surface area contributed by atoms with E-state index in [-0.39, 0.29) is 0 Å². The largest absolute Gasteiger partial charge is 0.497 e. The van der Waals surface area contributed by atoms with E-state index in [1.807, 2.05) is 18.2 Å². The first-order valence-corrected chi connectivity index (χ1v) is 3.18. The van der Waals surface area contributed by atoms with Gasteiger partial charge in [0.1, 0.15) is 5.75 Å². The van der Waals surface area contributed by atoms with Crippen molar-refractivity contribution < 1.29 is 9.94 Å². The lowest BCUT2D eigenvalue weighted by atomic mass is 10.2. The molecule has 0 aromatic heterocycles. The lowest BCUT2D eigenvalue weighted by molar-refractivity contribution is 0.322. The van der Waals surface area contributed by atoms with Gasteiger partial charge in [0.2, 0.25) is 0 Å². The fraction of sp³-hybridized carbons (Fsp3) is 0.125. The second-order valence-corrected chi connectivity index (χ2v) is 2.02. The van der Waals surface area contributed by atoms with Crippen molar-refractivity contribution in [1.82, 2.24) is 0 Å². The average Bonchev–Trinajstić information content (AvgIpc) is 2.06. The van der Waals surface area contributed by atoms with Gasteiger partial charge < -0.3 is 9.94 Å². The molecule has 0 radical (unpaired) electrons. The summed E-state index contributed by atoms with van der Waals surface area (Å²) in [4.78, 5) is 0. The predicted octanol–water partition coefficient (Wildman–Crippen LogP) is 1.50. The number of hydrogen-bond donors (Lipinski definition) is 1. The minimum absolute atomic E-state index is 0.752. The summed E-state index contributed by atoms with van der Waals surface area (Å²) in [5.74, 6) is 0.752. The van der Waals surface area contributed by atoms with Crippen molar-refractivity contribution >= 4 is 6.21 Å². The Morgan fingerprint density at radius 1 is 1.55 bits per heavy atom. The van der Waals surface area contributed by atoms with Crippen LogP contribution in [-0.2, 0) is 0 Å². The van der Waals surface area contributed by atoms with Crippen LogP contribution < -0.4 is 4.74 Å².